The van der Waals surface area contributed by atoms with Crippen LogP contribution in [0.1, 0.15) is 12.5 Å². The van der Waals surface area contributed by atoms with Gasteiger partial charge >= 0.3 is 0 Å². The van der Waals surface area contributed by atoms with Crippen LogP contribution < -0.4 is 14.4 Å². The molecule has 0 saturated carbocycles. The van der Waals surface area contributed by atoms with Crippen LogP contribution in [0.4, 0.5) is 10.1 Å². The molecular formula is C26H28FN3O5S. The maximum Gasteiger partial charge on any atom is 0.244 e. The number of halogens is 1. The fourth-order valence-corrected chi connectivity index (χ4v) is 4.37. The fourth-order valence-electron chi connectivity index (χ4n) is 3.52. The van der Waals surface area contributed by atoms with E-state index >= 15 is 0 Å². The summed E-state index contributed by atoms with van der Waals surface area (Å²) in [6.07, 6.45) is 0.984. The van der Waals surface area contributed by atoms with Gasteiger partial charge in [-0.15, -0.1) is 0 Å². The molecule has 3 rings (SSSR count). The van der Waals surface area contributed by atoms with Crippen LogP contribution >= 0.6 is 0 Å². The van der Waals surface area contributed by atoms with Crippen LogP contribution in [0.15, 0.2) is 78.9 Å². The molecule has 2 amide bonds. The number of sulfonamides is 1. The number of carbonyl (C=O) groups excluding carboxylic acids is 2. The third kappa shape index (κ3) is 6.82. The third-order valence-corrected chi connectivity index (χ3v) is 6.64. The summed E-state index contributed by atoms with van der Waals surface area (Å²) in [6.45, 7) is 0.715. The number of hydrogen-bond acceptors (Lipinski definition) is 5. The summed E-state index contributed by atoms with van der Waals surface area (Å²) in [5, 5.41) is 2.47. The zero-order valence-electron chi connectivity index (χ0n) is 20.2. The zero-order chi connectivity index (χ0) is 26.3. The first-order valence-electron chi connectivity index (χ1n) is 11.2. The van der Waals surface area contributed by atoms with Crippen molar-refractivity contribution in [1.82, 2.24) is 10.2 Å². The van der Waals surface area contributed by atoms with Gasteiger partial charge in [0.05, 0.1) is 11.9 Å². The van der Waals surface area contributed by atoms with Crippen molar-refractivity contribution in [3.8, 4) is 11.5 Å². The summed E-state index contributed by atoms with van der Waals surface area (Å²) >= 11 is 0. The Kier molecular flexibility index (Phi) is 8.65. The quantitative estimate of drug-likeness (QED) is 0.447. The van der Waals surface area contributed by atoms with Crippen LogP contribution in [0.5, 0.6) is 11.5 Å². The Hall–Kier alpha value is -3.92. The summed E-state index contributed by atoms with van der Waals surface area (Å²) in [5.41, 5.74) is 0.444. The van der Waals surface area contributed by atoms with Gasteiger partial charge in [0.15, 0.2) is 0 Å². The Morgan fingerprint density at radius 1 is 0.944 bits per heavy atom. The second-order valence-corrected chi connectivity index (χ2v) is 9.99. The molecule has 0 saturated heterocycles. The fraction of sp³-hybridized carbons (Fsp3) is 0.231. The standard InChI is InChI=1S/C26H28FN3O5S/c1-19(26(32)28-2)29(17-20-9-7-8-12-24(20)27)25(31)18-30(36(3,33)34)21-13-15-23(16-14-21)35-22-10-5-4-6-11-22/h4-16,19H,17-18H2,1-3H3,(H,28,32)/t19-/m1/s1. The van der Waals surface area contributed by atoms with Crippen LogP contribution in [0.3, 0.4) is 0 Å². The molecule has 8 nitrogen and oxygen atoms in total. The zero-order valence-corrected chi connectivity index (χ0v) is 21.0. The van der Waals surface area contributed by atoms with E-state index in [4.69, 9.17) is 4.74 Å². The van der Waals surface area contributed by atoms with Crippen LogP contribution in [-0.2, 0) is 26.2 Å². The van der Waals surface area contributed by atoms with E-state index in [1.54, 1.807) is 30.3 Å². The molecule has 0 aromatic heterocycles. The molecule has 190 valence electrons. The highest BCUT2D eigenvalue weighted by molar-refractivity contribution is 7.92. The maximum absolute atomic E-state index is 14.3. The SMILES string of the molecule is CNC(=O)[C@@H](C)N(Cc1ccccc1F)C(=O)CN(c1ccc(Oc2ccccc2)cc1)S(C)(=O)=O. The lowest BCUT2D eigenvalue weighted by atomic mass is 10.1. The molecule has 1 N–H and O–H groups in total. The first kappa shape index (κ1) is 26.7. The molecule has 0 heterocycles. The highest BCUT2D eigenvalue weighted by Gasteiger charge is 2.30. The van der Waals surface area contributed by atoms with Gasteiger partial charge in [-0.25, -0.2) is 12.8 Å². The topological polar surface area (TPSA) is 96.0 Å². The Balaban J connectivity index is 1.86. The van der Waals surface area contributed by atoms with Crippen molar-refractivity contribution in [3.05, 3.63) is 90.2 Å². The Morgan fingerprint density at radius 2 is 1.53 bits per heavy atom. The number of nitrogens with zero attached hydrogens (tertiary/aromatic N) is 2. The van der Waals surface area contributed by atoms with E-state index in [0.717, 1.165) is 15.5 Å². The van der Waals surface area contributed by atoms with E-state index in [-0.39, 0.29) is 17.8 Å². The van der Waals surface area contributed by atoms with Gasteiger partial charge in [0.2, 0.25) is 21.8 Å². The minimum atomic E-state index is -3.88. The highest BCUT2D eigenvalue weighted by Crippen LogP contribution is 2.26. The predicted octanol–water partition coefficient (Wildman–Crippen LogP) is 3.55. The van der Waals surface area contributed by atoms with Crippen molar-refractivity contribution in [2.75, 3.05) is 24.2 Å². The van der Waals surface area contributed by atoms with Gasteiger partial charge in [0.1, 0.15) is 29.9 Å². The first-order valence-corrected chi connectivity index (χ1v) is 13.0. The van der Waals surface area contributed by atoms with Crippen molar-refractivity contribution in [2.45, 2.75) is 19.5 Å². The van der Waals surface area contributed by atoms with Crippen molar-refractivity contribution in [1.29, 1.82) is 0 Å². The lowest BCUT2D eigenvalue weighted by molar-refractivity contribution is -0.139. The number of likely N-dealkylation sites (N-methyl/N-ethyl adjacent to an activating group) is 1. The summed E-state index contributed by atoms with van der Waals surface area (Å²) in [5.74, 6) is -0.558. The van der Waals surface area contributed by atoms with Crippen molar-refractivity contribution in [3.63, 3.8) is 0 Å². The summed E-state index contributed by atoms with van der Waals surface area (Å²) in [6, 6.07) is 20.2. The molecule has 0 bridgehead atoms. The maximum atomic E-state index is 14.3. The van der Waals surface area contributed by atoms with E-state index < -0.39 is 40.2 Å². The summed E-state index contributed by atoms with van der Waals surface area (Å²) in [4.78, 5) is 26.8. The number of ether oxygens (including phenoxy) is 1. The molecule has 0 aliphatic carbocycles. The second kappa shape index (κ2) is 11.7. The predicted molar refractivity (Wildman–Crippen MR) is 136 cm³/mol. The average molecular weight is 514 g/mol. The normalized spacial score (nSPS) is 11.9. The summed E-state index contributed by atoms with van der Waals surface area (Å²) in [7, 11) is -2.46. The molecule has 3 aromatic carbocycles. The smallest absolute Gasteiger partial charge is 0.244 e. The Labute approximate surface area is 210 Å². The molecular weight excluding hydrogens is 485 g/mol. The number of rotatable bonds is 10. The van der Waals surface area contributed by atoms with Crippen molar-refractivity contribution in [2.24, 2.45) is 0 Å². The molecule has 36 heavy (non-hydrogen) atoms. The lowest BCUT2D eigenvalue weighted by Crippen LogP contribution is -2.50. The van der Waals surface area contributed by atoms with Gasteiger partial charge < -0.3 is 15.0 Å². The van der Waals surface area contributed by atoms with E-state index in [2.05, 4.69) is 5.32 Å². The number of hydrogen-bond donors (Lipinski definition) is 1. The molecule has 0 fully saturated rings. The van der Waals surface area contributed by atoms with Crippen LogP contribution in [0.25, 0.3) is 0 Å². The van der Waals surface area contributed by atoms with E-state index in [9.17, 15) is 22.4 Å². The van der Waals surface area contributed by atoms with Crippen LogP contribution in [-0.4, -0.2) is 51.0 Å². The third-order valence-electron chi connectivity index (χ3n) is 5.50. The monoisotopic (exact) mass is 513 g/mol. The number of benzene rings is 3. The number of carbonyl (C=O) groups is 2. The molecule has 0 radical (unpaired) electrons. The molecule has 0 aliphatic heterocycles. The molecule has 10 heteroatoms. The van der Waals surface area contributed by atoms with E-state index in [1.807, 2.05) is 18.2 Å². The van der Waals surface area contributed by atoms with Gasteiger partial charge in [-0.3, -0.25) is 13.9 Å². The summed E-state index contributed by atoms with van der Waals surface area (Å²) < 4.78 is 46.2. The number of anilines is 1. The Morgan fingerprint density at radius 3 is 2.11 bits per heavy atom. The number of nitrogens with one attached hydrogen (secondary N) is 1. The van der Waals surface area contributed by atoms with E-state index in [0.29, 0.717) is 11.5 Å². The number of para-hydroxylation sites is 1. The molecule has 0 spiro atoms. The largest absolute Gasteiger partial charge is 0.457 e. The molecule has 1 atom stereocenters. The van der Waals surface area contributed by atoms with Gasteiger partial charge in [0.25, 0.3) is 0 Å². The first-order chi connectivity index (χ1) is 17.1. The second-order valence-electron chi connectivity index (χ2n) is 8.08. The minimum Gasteiger partial charge on any atom is -0.457 e. The molecule has 0 aliphatic rings. The molecule has 3 aromatic rings. The van der Waals surface area contributed by atoms with E-state index in [1.165, 1.54) is 44.3 Å². The lowest BCUT2D eigenvalue weighted by Gasteiger charge is -2.31. The van der Waals surface area contributed by atoms with Gasteiger partial charge in [-0.1, -0.05) is 36.4 Å². The van der Waals surface area contributed by atoms with Crippen LogP contribution in [0.2, 0.25) is 0 Å². The van der Waals surface area contributed by atoms with Gasteiger partial charge in [-0.2, -0.15) is 0 Å². The average Bonchev–Trinajstić information content (AvgIpc) is 2.86. The van der Waals surface area contributed by atoms with Crippen molar-refractivity contribution < 1.29 is 27.1 Å². The molecule has 0 unspecified atom stereocenters. The van der Waals surface area contributed by atoms with Gasteiger partial charge in [0, 0.05) is 19.2 Å². The van der Waals surface area contributed by atoms with Gasteiger partial charge in [-0.05, 0) is 49.4 Å². The van der Waals surface area contributed by atoms with Crippen LogP contribution in [0, 0.1) is 5.82 Å². The Bertz CT molecular complexity index is 1300. The highest BCUT2D eigenvalue weighted by atomic mass is 32.2. The minimum absolute atomic E-state index is 0.204. The van der Waals surface area contributed by atoms with Crippen molar-refractivity contribution >= 4 is 27.5 Å². The number of amides is 2.